The Bertz CT molecular complexity index is 960. The standard InChI is InChI=1S/C26H29Cl2NO3/c1-4-8-19-16-22(18-9-7-10-21(28)15-18)24(17-11-13-20(27)14-12-17)29(25(19)30)23(5-2)26(31)32-6-3/h4,7,9-15,19,22-24H,1,5-6,8,16H2,2-3H3/t19-,22-,23+,24?/m1/s1. The van der Waals surface area contributed by atoms with Crippen molar-refractivity contribution in [3.05, 3.63) is 82.4 Å². The Balaban J connectivity index is 2.19. The zero-order chi connectivity index (χ0) is 23.3. The molecule has 1 amide bonds. The largest absolute Gasteiger partial charge is 0.464 e. The first-order chi connectivity index (χ1) is 15.4. The van der Waals surface area contributed by atoms with E-state index < -0.39 is 6.04 Å². The van der Waals surface area contributed by atoms with E-state index in [1.165, 1.54) is 0 Å². The molecule has 2 aromatic carbocycles. The van der Waals surface area contributed by atoms with Gasteiger partial charge >= 0.3 is 5.97 Å². The van der Waals surface area contributed by atoms with Gasteiger partial charge in [-0.1, -0.05) is 60.5 Å². The van der Waals surface area contributed by atoms with Gasteiger partial charge < -0.3 is 9.64 Å². The predicted octanol–water partition coefficient (Wildman–Crippen LogP) is 6.58. The normalized spacial score (nSPS) is 21.8. The van der Waals surface area contributed by atoms with Gasteiger partial charge in [0.2, 0.25) is 5.91 Å². The third-order valence-electron chi connectivity index (χ3n) is 6.04. The topological polar surface area (TPSA) is 46.6 Å². The smallest absolute Gasteiger partial charge is 0.328 e. The number of hydrogen-bond acceptors (Lipinski definition) is 3. The fraction of sp³-hybridized carbons (Fsp3) is 0.385. The highest BCUT2D eigenvalue weighted by Gasteiger charge is 2.47. The van der Waals surface area contributed by atoms with Crippen LogP contribution in [0.4, 0.5) is 0 Å². The van der Waals surface area contributed by atoms with E-state index in [-0.39, 0.29) is 36.4 Å². The average Bonchev–Trinajstić information content (AvgIpc) is 2.77. The van der Waals surface area contributed by atoms with Gasteiger partial charge in [-0.15, -0.1) is 6.58 Å². The Morgan fingerprint density at radius 1 is 1.16 bits per heavy atom. The van der Waals surface area contributed by atoms with E-state index in [1.807, 2.05) is 55.5 Å². The summed E-state index contributed by atoms with van der Waals surface area (Å²) in [5.41, 5.74) is 1.95. The Kier molecular flexibility index (Phi) is 8.38. The Hall–Kier alpha value is -2.30. The molecule has 1 heterocycles. The van der Waals surface area contributed by atoms with Crippen molar-refractivity contribution < 1.29 is 14.3 Å². The zero-order valence-electron chi connectivity index (χ0n) is 18.5. The predicted molar refractivity (Wildman–Crippen MR) is 129 cm³/mol. The fourth-order valence-corrected chi connectivity index (χ4v) is 4.97. The summed E-state index contributed by atoms with van der Waals surface area (Å²) in [6.07, 6.45) is 3.40. The molecule has 0 saturated carbocycles. The van der Waals surface area contributed by atoms with Crippen LogP contribution in [-0.2, 0) is 14.3 Å². The second kappa shape index (κ2) is 11.0. The highest BCUT2D eigenvalue weighted by molar-refractivity contribution is 6.30. The van der Waals surface area contributed by atoms with E-state index in [0.717, 1.165) is 11.1 Å². The van der Waals surface area contributed by atoms with Crippen LogP contribution in [0.25, 0.3) is 0 Å². The van der Waals surface area contributed by atoms with Gasteiger partial charge in [0.25, 0.3) is 0 Å². The summed E-state index contributed by atoms with van der Waals surface area (Å²) in [4.78, 5) is 28.4. The summed E-state index contributed by atoms with van der Waals surface area (Å²) in [6.45, 7) is 7.78. The number of carbonyl (C=O) groups is 2. The zero-order valence-corrected chi connectivity index (χ0v) is 20.0. The number of nitrogens with zero attached hydrogens (tertiary/aromatic N) is 1. The molecule has 3 rings (SSSR count). The van der Waals surface area contributed by atoms with Gasteiger partial charge in [0.15, 0.2) is 0 Å². The first-order valence-electron chi connectivity index (χ1n) is 11.0. The molecular formula is C26H29Cl2NO3. The van der Waals surface area contributed by atoms with Crippen LogP contribution in [0.15, 0.2) is 61.2 Å². The number of allylic oxidation sites excluding steroid dienone is 1. The van der Waals surface area contributed by atoms with Crippen LogP contribution in [0, 0.1) is 5.92 Å². The van der Waals surface area contributed by atoms with Gasteiger partial charge in [0.05, 0.1) is 12.6 Å². The second-order valence-corrected chi connectivity index (χ2v) is 8.91. The first-order valence-corrected chi connectivity index (χ1v) is 11.8. The summed E-state index contributed by atoms with van der Waals surface area (Å²) >= 11 is 12.5. The quantitative estimate of drug-likeness (QED) is 0.321. The van der Waals surface area contributed by atoms with E-state index in [1.54, 1.807) is 17.9 Å². The summed E-state index contributed by atoms with van der Waals surface area (Å²) in [5.74, 6) is -0.765. The van der Waals surface area contributed by atoms with Gasteiger partial charge in [-0.2, -0.15) is 0 Å². The van der Waals surface area contributed by atoms with Gasteiger partial charge in [-0.05, 0) is 61.6 Å². The van der Waals surface area contributed by atoms with Crippen molar-refractivity contribution in [2.24, 2.45) is 5.92 Å². The molecule has 0 N–H and O–H groups in total. The lowest BCUT2D eigenvalue weighted by molar-refractivity contribution is -0.162. The van der Waals surface area contributed by atoms with Crippen LogP contribution < -0.4 is 0 Å². The maximum Gasteiger partial charge on any atom is 0.328 e. The maximum absolute atomic E-state index is 13.7. The number of amides is 1. The van der Waals surface area contributed by atoms with Gasteiger partial charge in [0.1, 0.15) is 6.04 Å². The van der Waals surface area contributed by atoms with Crippen molar-refractivity contribution in [1.29, 1.82) is 0 Å². The number of carbonyl (C=O) groups excluding carboxylic acids is 2. The summed E-state index contributed by atoms with van der Waals surface area (Å²) < 4.78 is 5.36. The Labute approximate surface area is 200 Å². The van der Waals surface area contributed by atoms with Crippen molar-refractivity contribution >= 4 is 35.1 Å². The molecule has 32 heavy (non-hydrogen) atoms. The monoisotopic (exact) mass is 473 g/mol. The van der Waals surface area contributed by atoms with E-state index >= 15 is 0 Å². The van der Waals surface area contributed by atoms with Gasteiger partial charge in [-0.25, -0.2) is 4.79 Å². The van der Waals surface area contributed by atoms with Gasteiger partial charge in [-0.3, -0.25) is 4.79 Å². The summed E-state index contributed by atoms with van der Waals surface area (Å²) in [7, 11) is 0. The van der Waals surface area contributed by atoms with Crippen LogP contribution in [0.2, 0.25) is 10.0 Å². The van der Waals surface area contributed by atoms with E-state index in [9.17, 15) is 9.59 Å². The number of rotatable bonds is 8. The molecule has 2 aromatic rings. The van der Waals surface area contributed by atoms with Crippen molar-refractivity contribution in [3.8, 4) is 0 Å². The Morgan fingerprint density at radius 3 is 2.47 bits per heavy atom. The van der Waals surface area contributed by atoms with Crippen LogP contribution in [0.5, 0.6) is 0 Å². The van der Waals surface area contributed by atoms with Gasteiger partial charge in [0, 0.05) is 21.9 Å². The van der Waals surface area contributed by atoms with Crippen molar-refractivity contribution in [2.45, 2.75) is 51.1 Å². The molecule has 6 heteroatoms. The molecule has 0 aliphatic carbocycles. The van der Waals surface area contributed by atoms with E-state index in [2.05, 4.69) is 6.58 Å². The van der Waals surface area contributed by atoms with Crippen molar-refractivity contribution in [3.63, 3.8) is 0 Å². The molecule has 1 aliphatic heterocycles. The molecule has 0 aromatic heterocycles. The molecule has 4 atom stereocenters. The maximum atomic E-state index is 13.7. The molecule has 0 radical (unpaired) electrons. The number of benzene rings is 2. The molecule has 1 unspecified atom stereocenters. The lowest BCUT2D eigenvalue weighted by Crippen LogP contribution is -2.54. The molecule has 1 aliphatic rings. The first kappa shape index (κ1) is 24.3. The number of ether oxygens (including phenoxy) is 1. The minimum atomic E-state index is -0.683. The molecule has 1 fully saturated rings. The molecule has 1 saturated heterocycles. The number of likely N-dealkylation sites (tertiary alicyclic amines) is 1. The van der Waals surface area contributed by atoms with Crippen LogP contribution in [-0.4, -0.2) is 29.4 Å². The number of hydrogen-bond donors (Lipinski definition) is 0. The minimum Gasteiger partial charge on any atom is -0.464 e. The average molecular weight is 474 g/mol. The van der Waals surface area contributed by atoms with Crippen LogP contribution >= 0.6 is 23.2 Å². The number of esters is 1. The summed E-state index contributed by atoms with van der Waals surface area (Å²) in [5, 5.41) is 1.25. The lowest BCUT2D eigenvalue weighted by Gasteiger charge is -2.47. The highest BCUT2D eigenvalue weighted by Crippen LogP contribution is 2.47. The van der Waals surface area contributed by atoms with Crippen LogP contribution in [0.3, 0.4) is 0 Å². The summed E-state index contributed by atoms with van der Waals surface area (Å²) in [6, 6.07) is 14.2. The van der Waals surface area contributed by atoms with Crippen LogP contribution in [0.1, 0.15) is 56.2 Å². The van der Waals surface area contributed by atoms with Crippen molar-refractivity contribution in [2.75, 3.05) is 6.61 Å². The third kappa shape index (κ3) is 5.19. The number of halogens is 2. The Morgan fingerprint density at radius 2 is 1.88 bits per heavy atom. The fourth-order valence-electron chi connectivity index (χ4n) is 4.65. The molecule has 0 spiro atoms. The molecule has 4 nitrogen and oxygen atoms in total. The lowest BCUT2D eigenvalue weighted by atomic mass is 9.74. The molecular weight excluding hydrogens is 445 g/mol. The highest BCUT2D eigenvalue weighted by atomic mass is 35.5. The van der Waals surface area contributed by atoms with Crippen molar-refractivity contribution in [1.82, 2.24) is 4.90 Å². The van der Waals surface area contributed by atoms with E-state index in [4.69, 9.17) is 27.9 Å². The molecule has 0 bridgehead atoms. The number of piperidine rings is 1. The van der Waals surface area contributed by atoms with E-state index in [0.29, 0.717) is 29.3 Å². The third-order valence-corrected chi connectivity index (χ3v) is 6.53. The molecule has 170 valence electrons. The second-order valence-electron chi connectivity index (χ2n) is 8.04. The minimum absolute atomic E-state index is 0.0527. The SMILES string of the molecule is C=CC[C@@H]1C[C@H](c2cccc(Cl)c2)C(c2ccc(Cl)cc2)N([C@@H](CC)C(=O)OCC)C1=O.